The summed E-state index contributed by atoms with van der Waals surface area (Å²) in [4.78, 5) is 5.44. The molecule has 0 aliphatic rings. The number of nitrogens with two attached hydrogens (primary N) is 1. The molecule has 0 fully saturated rings. The van der Waals surface area contributed by atoms with Crippen LogP contribution in [0, 0.1) is 0 Å². The summed E-state index contributed by atoms with van der Waals surface area (Å²) in [6.45, 7) is 4.12. The lowest BCUT2D eigenvalue weighted by Gasteiger charge is -2.30. The molecule has 3 N–H and O–H groups in total. The van der Waals surface area contributed by atoms with Crippen molar-refractivity contribution >= 4 is 0 Å². The Bertz CT molecular complexity index is 257. The third-order valence-electron chi connectivity index (χ3n) is 2.32. The summed E-state index contributed by atoms with van der Waals surface area (Å²) in [6, 6.07) is 4.50. The van der Waals surface area contributed by atoms with E-state index in [1.165, 1.54) is 5.69 Å². The van der Waals surface area contributed by atoms with Crippen molar-refractivity contribution in [3.63, 3.8) is 0 Å². The molecule has 0 saturated heterocycles. The van der Waals surface area contributed by atoms with Gasteiger partial charge in [-0.25, -0.2) is 0 Å². The second-order valence-electron chi connectivity index (χ2n) is 4.80. The van der Waals surface area contributed by atoms with Crippen LogP contribution in [0.1, 0.15) is 32.0 Å². The Morgan fingerprint density at radius 3 is 2.50 bits per heavy atom. The Labute approximate surface area is 86.3 Å². The average molecular weight is 195 g/mol. The van der Waals surface area contributed by atoms with E-state index in [-0.39, 0.29) is 5.54 Å². The molecule has 1 atom stereocenters. The number of nitrogens with one attached hydrogen (secondary N) is 1. The van der Waals surface area contributed by atoms with Crippen LogP contribution >= 0.6 is 0 Å². The van der Waals surface area contributed by atoms with E-state index in [0.29, 0.717) is 6.04 Å². The van der Waals surface area contributed by atoms with Crippen LogP contribution in [0.4, 0.5) is 0 Å². The van der Waals surface area contributed by atoms with E-state index in [1.807, 2.05) is 12.3 Å². The Kier molecular flexibility index (Phi) is 3.34. The van der Waals surface area contributed by atoms with Gasteiger partial charge >= 0.3 is 0 Å². The maximum absolute atomic E-state index is 6.04. The van der Waals surface area contributed by atoms with Crippen LogP contribution in [-0.2, 0) is 0 Å². The second-order valence-corrected chi connectivity index (χ2v) is 4.80. The molecule has 3 heteroatoms. The molecule has 1 aromatic rings. The van der Waals surface area contributed by atoms with Crippen molar-refractivity contribution in [3.05, 3.63) is 24.0 Å². The van der Waals surface area contributed by atoms with Gasteiger partial charge < -0.3 is 15.6 Å². The molecule has 0 aliphatic carbocycles. The third-order valence-corrected chi connectivity index (χ3v) is 2.32. The van der Waals surface area contributed by atoms with Crippen LogP contribution in [-0.4, -0.2) is 29.5 Å². The average Bonchev–Trinajstić information content (AvgIpc) is 2.49. The summed E-state index contributed by atoms with van der Waals surface area (Å²) < 4.78 is 0. The predicted octanol–water partition coefficient (Wildman–Crippen LogP) is 1.74. The summed E-state index contributed by atoms with van der Waals surface area (Å²) in [5.41, 5.74) is 7.13. The number of hydrogen-bond acceptors (Lipinski definition) is 2. The molecule has 0 spiro atoms. The molecule has 80 valence electrons. The zero-order valence-electron chi connectivity index (χ0n) is 9.54. The molecule has 0 aromatic carbocycles. The van der Waals surface area contributed by atoms with Gasteiger partial charge in [0, 0.05) is 17.4 Å². The van der Waals surface area contributed by atoms with Crippen molar-refractivity contribution in [2.75, 3.05) is 14.1 Å². The third kappa shape index (κ3) is 3.16. The topological polar surface area (TPSA) is 45.0 Å². The molecule has 0 amide bonds. The Balaban J connectivity index is 2.76. The monoisotopic (exact) mass is 195 g/mol. The van der Waals surface area contributed by atoms with Gasteiger partial charge in [-0.1, -0.05) is 0 Å². The van der Waals surface area contributed by atoms with E-state index in [9.17, 15) is 0 Å². The van der Waals surface area contributed by atoms with E-state index in [2.05, 4.69) is 43.9 Å². The first-order valence-corrected chi connectivity index (χ1v) is 4.99. The highest BCUT2D eigenvalue weighted by Gasteiger charge is 2.22. The van der Waals surface area contributed by atoms with Gasteiger partial charge in [0.05, 0.1) is 6.04 Å². The fourth-order valence-corrected chi connectivity index (χ4v) is 1.62. The van der Waals surface area contributed by atoms with Crippen molar-refractivity contribution in [1.29, 1.82) is 0 Å². The molecule has 1 aromatic heterocycles. The van der Waals surface area contributed by atoms with Crippen LogP contribution in [0.25, 0.3) is 0 Å². The maximum atomic E-state index is 6.04. The number of aromatic amines is 1. The molecule has 0 aliphatic heterocycles. The lowest BCUT2D eigenvalue weighted by molar-refractivity contribution is 0.239. The fourth-order valence-electron chi connectivity index (χ4n) is 1.62. The SMILES string of the molecule is CN(C)C(CC(C)(C)N)c1ccc[nH]1. The Hall–Kier alpha value is -0.800. The first kappa shape index (κ1) is 11.3. The molecule has 1 rings (SSSR count). The number of aromatic nitrogens is 1. The van der Waals surface area contributed by atoms with Gasteiger partial charge in [-0.05, 0) is 46.5 Å². The molecule has 0 saturated carbocycles. The zero-order valence-corrected chi connectivity index (χ0v) is 9.54. The molecular weight excluding hydrogens is 174 g/mol. The molecule has 1 unspecified atom stereocenters. The van der Waals surface area contributed by atoms with Crippen LogP contribution in [0.3, 0.4) is 0 Å². The van der Waals surface area contributed by atoms with Crippen molar-refractivity contribution in [3.8, 4) is 0 Å². The Morgan fingerprint density at radius 2 is 2.14 bits per heavy atom. The van der Waals surface area contributed by atoms with Gasteiger partial charge in [0.15, 0.2) is 0 Å². The summed E-state index contributed by atoms with van der Waals surface area (Å²) in [7, 11) is 4.16. The fraction of sp³-hybridized carbons (Fsp3) is 0.636. The van der Waals surface area contributed by atoms with Crippen molar-refractivity contribution < 1.29 is 0 Å². The van der Waals surface area contributed by atoms with E-state index in [0.717, 1.165) is 6.42 Å². The summed E-state index contributed by atoms with van der Waals surface area (Å²) in [5.74, 6) is 0. The van der Waals surface area contributed by atoms with Crippen LogP contribution < -0.4 is 5.73 Å². The van der Waals surface area contributed by atoms with E-state index >= 15 is 0 Å². The normalized spacial score (nSPS) is 14.7. The van der Waals surface area contributed by atoms with Gasteiger partial charge in [0.1, 0.15) is 0 Å². The van der Waals surface area contributed by atoms with E-state index in [1.54, 1.807) is 0 Å². The van der Waals surface area contributed by atoms with Gasteiger partial charge in [-0.3, -0.25) is 0 Å². The summed E-state index contributed by atoms with van der Waals surface area (Å²) in [5, 5.41) is 0. The van der Waals surface area contributed by atoms with Gasteiger partial charge in [-0.2, -0.15) is 0 Å². The highest BCUT2D eigenvalue weighted by molar-refractivity contribution is 5.10. The van der Waals surface area contributed by atoms with Crippen LogP contribution in [0.15, 0.2) is 18.3 Å². The summed E-state index contributed by atoms with van der Waals surface area (Å²) >= 11 is 0. The predicted molar refractivity (Wildman–Crippen MR) is 60.1 cm³/mol. The molecule has 0 radical (unpaired) electrons. The smallest absolute Gasteiger partial charge is 0.0510 e. The highest BCUT2D eigenvalue weighted by atomic mass is 15.1. The zero-order chi connectivity index (χ0) is 10.8. The molecule has 0 bridgehead atoms. The van der Waals surface area contributed by atoms with Crippen LogP contribution in [0.5, 0.6) is 0 Å². The minimum Gasteiger partial charge on any atom is -0.364 e. The quantitative estimate of drug-likeness (QED) is 0.768. The van der Waals surface area contributed by atoms with Crippen LogP contribution in [0.2, 0.25) is 0 Å². The molecule has 3 nitrogen and oxygen atoms in total. The van der Waals surface area contributed by atoms with Gasteiger partial charge in [0.25, 0.3) is 0 Å². The number of hydrogen-bond donors (Lipinski definition) is 2. The van der Waals surface area contributed by atoms with Crippen molar-refractivity contribution in [2.45, 2.75) is 31.8 Å². The summed E-state index contributed by atoms with van der Waals surface area (Å²) in [6.07, 6.45) is 2.90. The first-order chi connectivity index (χ1) is 6.40. The number of nitrogens with zero attached hydrogens (tertiary/aromatic N) is 1. The number of rotatable bonds is 4. The maximum Gasteiger partial charge on any atom is 0.0510 e. The van der Waals surface area contributed by atoms with Crippen molar-refractivity contribution in [2.24, 2.45) is 5.73 Å². The first-order valence-electron chi connectivity index (χ1n) is 4.99. The molecular formula is C11H21N3. The second kappa shape index (κ2) is 4.15. The minimum atomic E-state index is -0.139. The van der Waals surface area contributed by atoms with Gasteiger partial charge in [-0.15, -0.1) is 0 Å². The minimum absolute atomic E-state index is 0.139. The Morgan fingerprint density at radius 1 is 1.50 bits per heavy atom. The number of H-pyrrole nitrogens is 1. The lowest BCUT2D eigenvalue weighted by Crippen LogP contribution is -2.37. The standard InChI is InChI=1S/C11H21N3/c1-11(2,12)8-10(14(3)4)9-6-5-7-13-9/h5-7,10,13H,8,12H2,1-4H3. The van der Waals surface area contributed by atoms with E-state index < -0.39 is 0 Å². The molecule has 14 heavy (non-hydrogen) atoms. The highest BCUT2D eigenvalue weighted by Crippen LogP contribution is 2.25. The van der Waals surface area contributed by atoms with Gasteiger partial charge in [0.2, 0.25) is 0 Å². The lowest BCUT2D eigenvalue weighted by atomic mass is 9.94. The van der Waals surface area contributed by atoms with Crippen molar-refractivity contribution in [1.82, 2.24) is 9.88 Å². The largest absolute Gasteiger partial charge is 0.364 e. The van der Waals surface area contributed by atoms with E-state index in [4.69, 9.17) is 5.73 Å². The molecule has 1 heterocycles.